The van der Waals surface area contributed by atoms with Crippen molar-refractivity contribution in [2.45, 2.75) is 64.1 Å². The van der Waals surface area contributed by atoms with Crippen molar-refractivity contribution in [1.29, 1.82) is 0 Å². The van der Waals surface area contributed by atoms with Crippen LogP contribution >= 0.6 is 11.6 Å². The van der Waals surface area contributed by atoms with Crippen molar-refractivity contribution in [3.05, 3.63) is 22.8 Å². The molecule has 26 heavy (non-hydrogen) atoms. The van der Waals surface area contributed by atoms with Crippen molar-refractivity contribution in [3.8, 4) is 0 Å². The molecular weight excluding hydrogens is 365 g/mol. The summed E-state index contributed by atoms with van der Waals surface area (Å²) in [7, 11) is 0. The van der Waals surface area contributed by atoms with Gasteiger partial charge in [0.15, 0.2) is 11.4 Å². The topological polar surface area (TPSA) is 37.3 Å². The average Bonchev–Trinajstić information content (AvgIpc) is 2.84. The zero-order valence-corrected chi connectivity index (χ0v) is 15.8. The molecule has 0 spiro atoms. The van der Waals surface area contributed by atoms with E-state index in [1.165, 1.54) is 6.08 Å². The lowest BCUT2D eigenvalue weighted by Crippen LogP contribution is -2.59. The monoisotopic (exact) mass is 388 g/mol. The number of rotatable bonds is 0. The number of hydrogen-bond acceptors (Lipinski definition) is 2. The van der Waals surface area contributed by atoms with E-state index in [0.717, 1.165) is 12.0 Å². The molecule has 6 heteroatoms. The Balaban J connectivity index is 1.73. The molecule has 0 saturated heterocycles. The van der Waals surface area contributed by atoms with Crippen molar-refractivity contribution in [3.63, 3.8) is 0 Å². The Hall–Kier alpha value is -0.810. The van der Waals surface area contributed by atoms with Crippen LogP contribution < -0.4 is 0 Å². The molecule has 144 valence electrons. The summed E-state index contributed by atoms with van der Waals surface area (Å²) in [4.78, 5) is 11.9. The summed E-state index contributed by atoms with van der Waals surface area (Å²) < 4.78 is 41.1. The number of ketones is 1. The van der Waals surface area contributed by atoms with Crippen molar-refractivity contribution >= 4 is 17.4 Å². The smallest absolute Gasteiger partial charge is 0.380 e. The summed E-state index contributed by atoms with van der Waals surface area (Å²) in [6, 6.07) is 0. The Kier molecular flexibility index (Phi) is 3.84. The van der Waals surface area contributed by atoms with Crippen LogP contribution in [0.2, 0.25) is 0 Å². The Morgan fingerprint density at radius 1 is 1.15 bits per heavy atom. The standard InChI is InChI=1S/C20H24ClF3O2/c1-17-8-7-15(25)16(21)14(17)4-3-11-12(17)5-9-18(2)13(11)6-10-19(18,26)20(22,23)24/h7-8,11-13,26H,3-6,9-10H2,1-2H3/t11-,12+,13+,17-,18+,19?/m1/s1. The average molecular weight is 389 g/mol. The van der Waals surface area contributed by atoms with E-state index in [1.54, 1.807) is 6.92 Å². The molecule has 0 heterocycles. The molecule has 4 rings (SSSR count). The van der Waals surface area contributed by atoms with Gasteiger partial charge in [-0.3, -0.25) is 4.79 Å². The lowest BCUT2D eigenvalue weighted by molar-refractivity contribution is -0.302. The van der Waals surface area contributed by atoms with Gasteiger partial charge in [0.25, 0.3) is 0 Å². The summed E-state index contributed by atoms with van der Waals surface area (Å²) in [6.07, 6.45) is 1.35. The van der Waals surface area contributed by atoms with Crippen molar-refractivity contribution in [1.82, 2.24) is 0 Å². The first-order chi connectivity index (χ1) is 12.0. The van der Waals surface area contributed by atoms with Crippen LogP contribution in [0.4, 0.5) is 13.2 Å². The molecule has 0 bridgehead atoms. The van der Waals surface area contributed by atoms with E-state index in [2.05, 4.69) is 6.92 Å². The fraction of sp³-hybridized carbons (Fsp3) is 0.750. The van der Waals surface area contributed by atoms with Gasteiger partial charge in [0, 0.05) is 10.8 Å². The molecule has 1 unspecified atom stereocenters. The summed E-state index contributed by atoms with van der Waals surface area (Å²) in [6.45, 7) is 3.70. The van der Waals surface area contributed by atoms with Gasteiger partial charge in [-0.1, -0.05) is 31.5 Å². The molecule has 6 atom stereocenters. The molecular formula is C20H24ClF3O2. The predicted molar refractivity (Wildman–Crippen MR) is 92.4 cm³/mol. The molecule has 0 aromatic heterocycles. The van der Waals surface area contributed by atoms with E-state index in [1.807, 2.05) is 6.08 Å². The van der Waals surface area contributed by atoms with Gasteiger partial charge in [0.2, 0.25) is 0 Å². The fourth-order valence-corrected chi connectivity index (χ4v) is 7.12. The minimum Gasteiger partial charge on any atom is -0.380 e. The van der Waals surface area contributed by atoms with Crippen molar-refractivity contribution in [2.24, 2.45) is 28.6 Å². The van der Waals surface area contributed by atoms with Gasteiger partial charge >= 0.3 is 6.18 Å². The van der Waals surface area contributed by atoms with E-state index in [0.29, 0.717) is 30.7 Å². The minimum atomic E-state index is -4.60. The number of fused-ring (bicyclic) bond motifs is 5. The molecule has 0 aromatic carbocycles. The molecule has 3 saturated carbocycles. The Labute approximate surface area is 156 Å². The summed E-state index contributed by atoms with van der Waals surface area (Å²) in [5.41, 5.74) is -3.15. The summed E-state index contributed by atoms with van der Waals surface area (Å²) in [5.74, 6) is -0.0548. The van der Waals surface area contributed by atoms with Crippen LogP contribution in [0.1, 0.15) is 52.4 Å². The van der Waals surface area contributed by atoms with E-state index in [-0.39, 0.29) is 35.4 Å². The fourth-order valence-electron chi connectivity index (χ4n) is 6.76. The van der Waals surface area contributed by atoms with Gasteiger partial charge in [-0.25, -0.2) is 0 Å². The number of allylic oxidation sites excluding steroid dienone is 4. The molecule has 0 aromatic rings. The highest BCUT2D eigenvalue weighted by molar-refractivity contribution is 6.45. The number of carbonyl (C=O) groups excluding carboxylic acids is 1. The van der Waals surface area contributed by atoms with Crippen LogP contribution in [0, 0.1) is 28.6 Å². The largest absolute Gasteiger partial charge is 0.417 e. The first-order valence-electron chi connectivity index (χ1n) is 9.37. The number of carbonyl (C=O) groups is 1. The molecule has 0 radical (unpaired) electrons. The lowest BCUT2D eigenvalue weighted by atomic mass is 9.47. The van der Waals surface area contributed by atoms with Gasteiger partial charge in [-0.2, -0.15) is 13.2 Å². The first-order valence-corrected chi connectivity index (χ1v) is 9.75. The maximum atomic E-state index is 13.7. The highest BCUT2D eigenvalue weighted by atomic mass is 35.5. The maximum Gasteiger partial charge on any atom is 0.417 e. The second-order valence-corrected chi connectivity index (χ2v) is 9.42. The van der Waals surface area contributed by atoms with E-state index >= 15 is 0 Å². The Morgan fingerprint density at radius 3 is 2.46 bits per heavy atom. The molecule has 0 amide bonds. The van der Waals surface area contributed by atoms with Gasteiger partial charge in [0.1, 0.15) is 0 Å². The normalized spacial score (nSPS) is 48.3. The number of halogens is 4. The van der Waals surface area contributed by atoms with Crippen molar-refractivity contribution in [2.75, 3.05) is 0 Å². The van der Waals surface area contributed by atoms with Crippen LogP contribution in [0.15, 0.2) is 22.8 Å². The number of aliphatic hydroxyl groups is 1. The number of alkyl halides is 3. The molecule has 4 aliphatic rings. The molecule has 0 aliphatic heterocycles. The van der Waals surface area contributed by atoms with E-state index in [4.69, 9.17) is 11.6 Å². The molecule has 3 fully saturated rings. The van der Waals surface area contributed by atoms with Gasteiger partial charge < -0.3 is 5.11 Å². The molecule has 2 nitrogen and oxygen atoms in total. The highest BCUT2D eigenvalue weighted by Crippen LogP contribution is 2.69. The van der Waals surface area contributed by atoms with Gasteiger partial charge in [-0.15, -0.1) is 0 Å². The van der Waals surface area contributed by atoms with E-state index in [9.17, 15) is 23.1 Å². The Bertz CT molecular complexity index is 727. The second kappa shape index (κ2) is 5.38. The zero-order valence-electron chi connectivity index (χ0n) is 15.0. The quantitative estimate of drug-likeness (QED) is 0.622. The summed E-state index contributed by atoms with van der Waals surface area (Å²) >= 11 is 6.30. The van der Waals surface area contributed by atoms with Crippen LogP contribution in [-0.4, -0.2) is 22.7 Å². The van der Waals surface area contributed by atoms with Crippen LogP contribution in [-0.2, 0) is 4.79 Å². The zero-order chi connectivity index (χ0) is 19.1. The Morgan fingerprint density at radius 2 is 1.81 bits per heavy atom. The third kappa shape index (κ3) is 2.07. The van der Waals surface area contributed by atoms with Gasteiger partial charge in [0.05, 0.1) is 5.03 Å². The van der Waals surface area contributed by atoms with Crippen LogP contribution in [0.3, 0.4) is 0 Å². The second-order valence-electron chi connectivity index (χ2n) is 9.04. The van der Waals surface area contributed by atoms with Crippen LogP contribution in [0.25, 0.3) is 0 Å². The third-order valence-corrected chi connectivity index (χ3v) is 8.68. The summed E-state index contributed by atoms with van der Waals surface area (Å²) in [5, 5.41) is 10.9. The lowest BCUT2D eigenvalue weighted by Gasteiger charge is -2.58. The number of hydrogen-bond donors (Lipinski definition) is 1. The van der Waals surface area contributed by atoms with Crippen molar-refractivity contribution < 1.29 is 23.1 Å². The van der Waals surface area contributed by atoms with Crippen LogP contribution in [0.5, 0.6) is 0 Å². The third-order valence-electron chi connectivity index (χ3n) is 8.27. The predicted octanol–water partition coefficient (Wildman–Crippen LogP) is 5.15. The highest BCUT2D eigenvalue weighted by Gasteiger charge is 2.72. The maximum absolute atomic E-state index is 13.7. The first kappa shape index (κ1) is 18.5. The molecule has 4 aliphatic carbocycles. The molecule has 1 N–H and O–H groups in total. The van der Waals surface area contributed by atoms with Gasteiger partial charge in [-0.05, 0) is 67.9 Å². The van der Waals surface area contributed by atoms with E-state index < -0.39 is 17.2 Å². The SMILES string of the molecule is C[C@]12C=CC(=O)C(Cl)=C1CC[C@@H]1[C@@H]2CC[C@@]2(C)[C@H]1CCC2(O)C(F)(F)F. The minimum absolute atomic E-state index is 0.112.